The second kappa shape index (κ2) is 25.7. The van der Waals surface area contributed by atoms with Crippen LogP contribution in [0.4, 0.5) is 0 Å². The Morgan fingerprint density at radius 3 is 2.33 bits per heavy atom. The lowest BCUT2D eigenvalue weighted by Crippen LogP contribution is -2.56. The fourth-order valence-electron chi connectivity index (χ4n) is 8.04. The predicted molar refractivity (Wildman–Crippen MR) is 251 cm³/mol. The summed E-state index contributed by atoms with van der Waals surface area (Å²) in [6.45, 7) is 19.8. The van der Waals surface area contributed by atoms with Gasteiger partial charge in [0, 0.05) is 92.6 Å². The van der Waals surface area contributed by atoms with Crippen molar-refractivity contribution >= 4 is 47.4 Å². The van der Waals surface area contributed by atoms with Crippen molar-refractivity contribution in [2.75, 3.05) is 53.6 Å². The lowest BCUT2D eigenvalue weighted by Gasteiger charge is -2.33. The Hall–Kier alpha value is -4.74. The van der Waals surface area contributed by atoms with E-state index in [1.54, 1.807) is 23.2 Å². The van der Waals surface area contributed by atoms with Gasteiger partial charge in [-0.05, 0) is 101 Å². The number of nitrogens with one attached hydrogen (secondary N) is 2. The first-order valence-electron chi connectivity index (χ1n) is 22.6. The number of likely N-dealkylation sites (tertiary alicyclic amines) is 1. The zero-order valence-corrected chi connectivity index (χ0v) is 40.1. The van der Waals surface area contributed by atoms with Crippen LogP contribution in [0, 0.1) is 17.3 Å². The number of carbonyl (C=O) groups is 4. The maximum Gasteiger partial charge on any atom is 0.293 e. The molecule has 5 heterocycles. The first-order chi connectivity index (χ1) is 30.9. The van der Waals surface area contributed by atoms with Gasteiger partial charge in [-0.1, -0.05) is 33.8 Å². The topological polar surface area (TPSA) is 177 Å². The summed E-state index contributed by atoms with van der Waals surface area (Å²) in [4.78, 5) is 57.9. The average molecular weight is 906 g/mol. The molecule has 1 saturated carbocycles. The number of fused-ring (bicyclic) bond motifs is 1. The molecule has 5 unspecified atom stereocenters. The Bertz CT molecular complexity index is 2070. The van der Waals surface area contributed by atoms with E-state index >= 15 is 0 Å². The number of carbonyl (C=O) groups excluding carboxylic acids is 4. The highest BCUT2D eigenvalue weighted by molar-refractivity contribution is 7.10. The fourth-order valence-corrected chi connectivity index (χ4v) is 8.95. The number of rotatable bonds is 18. The van der Waals surface area contributed by atoms with Crippen LogP contribution in [-0.4, -0.2) is 114 Å². The number of methoxy groups -OCH3 is 1. The third-order valence-corrected chi connectivity index (χ3v) is 12.8. The summed E-state index contributed by atoms with van der Waals surface area (Å²) in [5.41, 5.74) is 9.46. The Balaban J connectivity index is 0.000000547. The molecule has 3 aromatic heterocycles. The summed E-state index contributed by atoms with van der Waals surface area (Å²) in [6.07, 6.45) is 8.60. The molecule has 5 atom stereocenters. The number of nitrogens with zero attached hydrogens (tertiary/aromatic N) is 5. The van der Waals surface area contributed by atoms with Crippen molar-refractivity contribution in [1.29, 1.82) is 0 Å². The molecule has 64 heavy (non-hydrogen) atoms. The molecule has 0 spiro atoms. The van der Waals surface area contributed by atoms with E-state index in [0.717, 1.165) is 96.0 Å². The second-order valence-electron chi connectivity index (χ2n) is 17.2. The molecule has 3 fully saturated rings. The molecule has 352 valence electrons. The summed E-state index contributed by atoms with van der Waals surface area (Å²) in [5, 5.41) is 14.9. The Morgan fingerprint density at radius 2 is 1.77 bits per heavy atom. The highest BCUT2D eigenvalue weighted by Gasteiger charge is 2.36. The molecule has 2 aliphatic heterocycles. The molecule has 16 heteroatoms. The number of aryl methyl sites for hydroxylation is 1. The lowest BCUT2D eigenvalue weighted by atomic mass is 9.84. The number of amides is 3. The molecule has 3 N–H and O–H groups in total. The minimum absolute atomic E-state index is 0.230. The van der Waals surface area contributed by atoms with Crippen LogP contribution in [0.3, 0.4) is 0 Å². The molecule has 4 aromatic rings. The van der Waals surface area contributed by atoms with E-state index in [1.807, 2.05) is 25.3 Å². The lowest BCUT2D eigenvalue weighted by molar-refractivity contribution is -0.143. The van der Waals surface area contributed by atoms with Crippen LogP contribution in [0.1, 0.15) is 109 Å². The third kappa shape index (κ3) is 13.6. The predicted octanol–water partition coefficient (Wildman–Crippen LogP) is 7.12. The van der Waals surface area contributed by atoms with E-state index in [4.69, 9.17) is 29.3 Å². The van der Waals surface area contributed by atoms with Crippen LogP contribution < -0.4 is 10.7 Å². The third-order valence-electron chi connectivity index (χ3n) is 11.9. The van der Waals surface area contributed by atoms with E-state index in [9.17, 15) is 19.2 Å². The molecular formula is C48H71N7O8S. The van der Waals surface area contributed by atoms with Gasteiger partial charge in [0.1, 0.15) is 17.2 Å². The van der Waals surface area contributed by atoms with Gasteiger partial charge in [-0.3, -0.25) is 29.2 Å². The van der Waals surface area contributed by atoms with Crippen molar-refractivity contribution in [3.05, 3.63) is 58.2 Å². The van der Waals surface area contributed by atoms with E-state index < -0.39 is 12.1 Å². The number of thiazole rings is 1. The van der Waals surface area contributed by atoms with Gasteiger partial charge in [-0.25, -0.2) is 10.4 Å². The van der Waals surface area contributed by atoms with Crippen LogP contribution in [0.2, 0.25) is 0 Å². The van der Waals surface area contributed by atoms with Gasteiger partial charge in [0.25, 0.3) is 12.4 Å². The first kappa shape index (κ1) is 51.9. The zero-order valence-electron chi connectivity index (χ0n) is 39.3. The maximum absolute atomic E-state index is 13.6. The standard InChI is InChI=1S/C37H48N6O6S.C5H9NO.C5H10.CH4O/c1-7-42-30-14-13-25(29-20-50-35(41-29)34(49-8-2)32(39-22-44)36(46)43-17-10-9-16-40-43)18-27(30)28(19-37(4,5)21-48-23-45)33(42)26-12-11-15-38-31(26)24(3)47-6;7-5-6-3-1-2-4-6;1-4-3-5(4)2;1-2/h11-15,18,20,22-24,32,34,40H,7-10,16-17,19,21H2,1-6H3,(H,39,44);5H,1-4H2;4-5H,3H2,1-2H3;2H,1H3. The van der Waals surface area contributed by atoms with E-state index in [-0.39, 0.29) is 24.0 Å². The smallest absolute Gasteiger partial charge is 0.293 e. The van der Waals surface area contributed by atoms with Crippen molar-refractivity contribution in [1.82, 2.24) is 35.2 Å². The molecule has 7 rings (SSSR count). The number of aliphatic hydroxyl groups excluding tert-OH is 1. The first-order valence-corrected chi connectivity index (χ1v) is 23.4. The van der Waals surface area contributed by atoms with Crippen LogP contribution >= 0.6 is 11.3 Å². The number of ether oxygens (including phenoxy) is 3. The average Bonchev–Trinajstić information content (AvgIpc) is 3.78. The Kier molecular flexibility index (Phi) is 20.8. The molecule has 15 nitrogen and oxygen atoms in total. The number of aliphatic hydroxyl groups is 1. The number of aromatic nitrogens is 3. The van der Waals surface area contributed by atoms with Gasteiger partial charge in [0.2, 0.25) is 12.8 Å². The van der Waals surface area contributed by atoms with Gasteiger partial charge in [0.05, 0.1) is 29.8 Å². The molecule has 1 aromatic carbocycles. The summed E-state index contributed by atoms with van der Waals surface area (Å²) in [7, 11) is 2.68. The molecule has 1 aliphatic carbocycles. The van der Waals surface area contributed by atoms with Crippen molar-refractivity contribution in [3.8, 4) is 22.5 Å². The van der Waals surface area contributed by atoms with Gasteiger partial charge in [0.15, 0.2) is 0 Å². The Morgan fingerprint density at radius 1 is 1.06 bits per heavy atom. The van der Waals surface area contributed by atoms with Crippen LogP contribution in [0.5, 0.6) is 0 Å². The molecule has 0 radical (unpaired) electrons. The maximum atomic E-state index is 13.6. The quantitative estimate of drug-likeness (QED) is 0.0867. The molecule has 3 amide bonds. The van der Waals surface area contributed by atoms with Crippen LogP contribution in [0.25, 0.3) is 33.4 Å². The van der Waals surface area contributed by atoms with Gasteiger partial charge in [-0.2, -0.15) is 0 Å². The highest BCUT2D eigenvalue weighted by atomic mass is 32.1. The van der Waals surface area contributed by atoms with E-state index in [1.165, 1.54) is 30.6 Å². The number of benzene rings is 1. The second-order valence-corrected chi connectivity index (χ2v) is 18.1. The molecule has 0 bridgehead atoms. The minimum atomic E-state index is -0.939. The van der Waals surface area contributed by atoms with Crippen LogP contribution in [0.15, 0.2) is 41.9 Å². The molecular weight excluding hydrogens is 835 g/mol. The number of pyridine rings is 1. The molecule has 3 aliphatic rings. The highest BCUT2D eigenvalue weighted by Crippen LogP contribution is 2.42. The monoisotopic (exact) mass is 906 g/mol. The summed E-state index contributed by atoms with van der Waals surface area (Å²) in [6, 6.07) is 9.43. The van der Waals surface area contributed by atoms with Gasteiger partial charge >= 0.3 is 0 Å². The fraction of sp³-hybridized carbons (Fsp3) is 0.583. The van der Waals surface area contributed by atoms with Crippen LogP contribution in [-0.2, 0) is 46.4 Å². The van der Waals surface area contributed by atoms with E-state index in [2.05, 4.69) is 74.2 Å². The number of hydrogen-bond acceptors (Lipinski definition) is 12. The van der Waals surface area contributed by atoms with Crippen molar-refractivity contribution in [3.63, 3.8) is 0 Å². The van der Waals surface area contributed by atoms with E-state index in [0.29, 0.717) is 50.6 Å². The summed E-state index contributed by atoms with van der Waals surface area (Å²) >= 11 is 1.40. The van der Waals surface area contributed by atoms with Crippen molar-refractivity contribution < 1.29 is 38.5 Å². The minimum Gasteiger partial charge on any atom is -0.467 e. The SMILES string of the molecule is CC1CC1C.CCOC(c1nc(-c2ccc3c(c2)c(CC(C)(C)COC=O)c(-c2cccnc2C(C)OC)n3CC)cs1)C(NC=O)C(=O)N1CCCCN1.CO.O=CN1CCCC1. The molecule has 2 saturated heterocycles. The zero-order chi connectivity index (χ0) is 46.8. The Labute approximate surface area is 383 Å². The van der Waals surface area contributed by atoms with Crippen molar-refractivity contribution in [2.45, 2.75) is 112 Å². The summed E-state index contributed by atoms with van der Waals surface area (Å²) in [5.74, 6) is 1.84. The van der Waals surface area contributed by atoms with Crippen molar-refractivity contribution in [2.24, 2.45) is 17.3 Å². The number of hydrazine groups is 1. The van der Waals surface area contributed by atoms with Gasteiger partial charge in [-0.15, -0.1) is 11.3 Å². The normalized spacial score (nSPS) is 18.2. The largest absolute Gasteiger partial charge is 0.467 e. The number of hydrogen-bond donors (Lipinski definition) is 3. The summed E-state index contributed by atoms with van der Waals surface area (Å²) < 4.78 is 19.4. The van der Waals surface area contributed by atoms with Gasteiger partial charge < -0.3 is 34.1 Å².